The fourth-order valence-electron chi connectivity index (χ4n) is 3.55. The second-order valence-electron chi connectivity index (χ2n) is 9.12. The SMILES string of the molecule is CNC(=O)[C@@H](NC(=O)[C@H](CCCCCc1ccccc1)[C@H](C)N(C)C=O)C(C)(C)C.[HH].[HH].[HH]. The molecule has 0 unspecified atom stereocenters. The number of nitrogens with one attached hydrogen (secondary N) is 2. The number of likely N-dealkylation sites (N-methyl/N-ethyl adjacent to an activating group) is 1. The highest BCUT2D eigenvalue weighted by Gasteiger charge is 2.35. The summed E-state index contributed by atoms with van der Waals surface area (Å²) in [4.78, 5) is 38.3. The molecule has 0 fully saturated rings. The zero-order valence-electron chi connectivity index (χ0n) is 19.4. The van der Waals surface area contributed by atoms with E-state index in [1.165, 1.54) is 10.5 Å². The third-order valence-electron chi connectivity index (χ3n) is 5.71. The maximum Gasteiger partial charge on any atom is 0.242 e. The summed E-state index contributed by atoms with van der Waals surface area (Å²) in [6, 6.07) is 9.48. The lowest BCUT2D eigenvalue weighted by atomic mass is 9.84. The second-order valence-corrected chi connectivity index (χ2v) is 9.12. The van der Waals surface area contributed by atoms with Crippen LogP contribution >= 0.6 is 0 Å². The molecule has 1 aromatic rings. The van der Waals surface area contributed by atoms with E-state index in [9.17, 15) is 14.4 Å². The molecule has 2 N–H and O–H groups in total. The van der Waals surface area contributed by atoms with Crippen molar-refractivity contribution in [1.82, 2.24) is 15.5 Å². The van der Waals surface area contributed by atoms with Crippen molar-refractivity contribution in [2.45, 2.75) is 71.9 Å². The third-order valence-corrected chi connectivity index (χ3v) is 5.71. The number of nitrogens with zero attached hydrogens (tertiary/aromatic N) is 1. The Bertz CT molecular complexity index is 685. The lowest BCUT2D eigenvalue weighted by molar-refractivity contribution is -0.135. The summed E-state index contributed by atoms with van der Waals surface area (Å²) in [5.74, 6) is -0.761. The van der Waals surface area contributed by atoms with Crippen molar-refractivity contribution in [1.29, 1.82) is 0 Å². The Morgan fingerprint density at radius 3 is 2.27 bits per heavy atom. The molecule has 3 atom stereocenters. The first-order chi connectivity index (χ1) is 14.1. The van der Waals surface area contributed by atoms with Crippen LogP contribution in [-0.2, 0) is 20.8 Å². The molecule has 0 aliphatic rings. The van der Waals surface area contributed by atoms with Crippen molar-refractivity contribution < 1.29 is 18.7 Å². The summed E-state index contributed by atoms with van der Waals surface area (Å²) in [5.41, 5.74) is 0.898. The van der Waals surface area contributed by atoms with Gasteiger partial charge in [-0.1, -0.05) is 63.9 Å². The van der Waals surface area contributed by atoms with Gasteiger partial charge in [0.25, 0.3) is 0 Å². The van der Waals surface area contributed by atoms with Crippen LogP contribution in [0.5, 0.6) is 0 Å². The highest BCUT2D eigenvalue weighted by atomic mass is 16.2. The van der Waals surface area contributed by atoms with E-state index in [4.69, 9.17) is 0 Å². The third kappa shape index (κ3) is 8.17. The van der Waals surface area contributed by atoms with Crippen molar-refractivity contribution in [3.05, 3.63) is 35.9 Å². The average Bonchev–Trinajstić information content (AvgIpc) is 2.72. The average molecular weight is 424 g/mol. The van der Waals surface area contributed by atoms with E-state index in [2.05, 4.69) is 22.8 Å². The molecule has 1 aromatic carbocycles. The van der Waals surface area contributed by atoms with E-state index in [-0.39, 0.29) is 28.1 Å². The molecule has 0 aliphatic heterocycles. The number of amides is 3. The van der Waals surface area contributed by atoms with Gasteiger partial charge in [0.15, 0.2) is 0 Å². The zero-order chi connectivity index (χ0) is 22.7. The fraction of sp³-hybridized carbons (Fsp3) is 0.625. The van der Waals surface area contributed by atoms with Gasteiger partial charge < -0.3 is 15.5 Å². The minimum Gasteiger partial charge on any atom is -0.357 e. The number of hydrogen-bond acceptors (Lipinski definition) is 3. The molecule has 6 nitrogen and oxygen atoms in total. The van der Waals surface area contributed by atoms with Gasteiger partial charge in [0.2, 0.25) is 18.2 Å². The summed E-state index contributed by atoms with van der Waals surface area (Å²) in [6.45, 7) is 7.65. The maximum absolute atomic E-state index is 13.1. The predicted octanol–water partition coefficient (Wildman–Crippen LogP) is 3.90. The molecular weight excluding hydrogens is 378 g/mol. The van der Waals surface area contributed by atoms with Gasteiger partial charge in [-0.25, -0.2) is 0 Å². The Kier molecular flexibility index (Phi) is 10.6. The molecule has 3 amide bonds. The van der Waals surface area contributed by atoms with Gasteiger partial charge in [-0.05, 0) is 37.2 Å². The van der Waals surface area contributed by atoms with E-state index < -0.39 is 11.5 Å². The molecule has 174 valence electrons. The fourth-order valence-corrected chi connectivity index (χ4v) is 3.55. The van der Waals surface area contributed by atoms with Crippen LogP contribution in [0.2, 0.25) is 0 Å². The summed E-state index contributed by atoms with van der Waals surface area (Å²) in [6.07, 6.45) is 5.39. The maximum atomic E-state index is 13.1. The predicted molar refractivity (Wildman–Crippen MR) is 127 cm³/mol. The van der Waals surface area contributed by atoms with Crippen LogP contribution < -0.4 is 10.6 Å². The molecule has 6 heteroatoms. The largest absolute Gasteiger partial charge is 0.357 e. The van der Waals surface area contributed by atoms with E-state index in [1.807, 2.05) is 45.9 Å². The highest BCUT2D eigenvalue weighted by molar-refractivity contribution is 5.89. The number of carbonyl (C=O) groups excluding carboxylic acids is 3. The quantitative estimate of drug-likeness (QED) is 0.395. The van der Waals surface area contributed by atoms with Crippen molar-refractivity contribution in [2.75, 3.05) is 14.1 Å². The second kappa shape index (κ2) is 12.4. The normalized spacial score (nSPS) is 14.3. The first-order valence-electron chi connectivity index (χ1n) is 10.8. The van der Waals surface area contributed by atoms with Crippen LogP contribution in [0.15, 0.2) is 30.3 Å². The van der Waals surface area contributed by atoms with Gasteiger partial charge in [0.1, 0.15) is 6.04 Å². The van der Waals surface area contributed by atoms with Crippen molar-refractivity contribution in [2.24, 2.45) is 11.3 Å². The molecule has 30 heavy (non-hydrogen) atoms. The van der Waals surface area contributed by atoms with Crippen LogP contribution in [0.3, 0.4) is 0 Å². The minimum absolute atomic E-state index is 0. The van der Waals surface area contributed by atoms with Gasteiger partial charge in [-0.15, -0.1) is 0 Å². The Balaban J connectivity index is -0.00000300. The lowest BCUT2D eigenvalue weighted by Gasteiger charge is -2.34. The van der Waals surface area contributed by atoms with Crippen LogP contribution in [-0.4, -0.2) is 49.3 Å². The van der Waals surface area contributed by atoms with Crippen LogP contribution in [0.25, 0.3) is 0 Å². The Morgan fingerprint density at radius 2 is 1.73 bits per heavy atom. The van der Waals surface area contributed by atoms with Crippen LogP contribution in [0.4, 0.5) is 0 Å². The first kappa shape index (κ1) is 25.7. The van der Waals surface area contributed by atoms with Gasteiger partial charge in [-0.3, -0.25) is 14.4 Å². The molecule has 0 spiro atoms. The molecule has 0 aliphatic carbocycles. The Morgan fingerprint density at radius 1 is 1.10 bits per heavy atom. The molecule has 1 rings (SSSR count). The summed E-state index contributed by atoms with van der Waals surface area (Å²) < 4.78 is 0. The number of aryl methyl sites for hydroxylation is 1. The monoisotopic (exact) mass is 423 g/mol. The molecule has 0 saturated carbocycles. The lowest BCUT2D eigenvalue weighted by Crippen LogP contribution is -2.56. The van der Waals surface area contributed by atoms with Gasteiger partial charge >= 0.3 is 0 Å². The Hall–Kier alpha value is -2.37. The van der Waals surface area contributed by atoms with E-state index in [1.54, 1.807) is 14.1 Å². The number of benzene rings is 1. The molecule has 0 bridgehead atoms. The van der Waals surface area contributed by atoms with E-state index in [0.717, 1.165) is 32.1 Å². The smallest absolute Gasteiger partial charge is 0.242 e. The van der Waals surface area contributed by atoms with Crippen molar-refractivity contribution >= 4 is 18.2 Å². The van der Waals surface area contributed by atoms with Gasteiger partial charge in [0.05, 0.1) is 5.92 Å². The Labute approximate surface area is 186 Å². The molecular formula is C24H45N3O3. The van der Waals surface area contributed by atoms with Crippen molar-refractivity contribution in [3.63, 3.8) is 0 Å². The number of carbonyl (C=O) groups is 3. The van der Waals surface area contributed by atoms with Gasteiger partial charge in [-0.2, -0.15) is 0 Å². The summed E-state index contributed by atoms with van der Waals surface area (Å²) in [7, 11) is 3.26. The number of rotatable bonds is 12. The zero-order valence-corrected chi connectivity index (χ0v) is 19.4. The first-order valence-corrected chi connectivity index (χ1v) is 10.8. The van der Waals surface area contributed by atoms with E-state index >= 15 is 0 Å². The summed E-state index contributed by atoms with van der Waals surface area (Å²) in [5, 5.41) is 5.58. The molecule has 0 saturated heterocycles. The molecule has 0 radical (unpaired) electrons. The topological polar surface area (TPSA) is 78.5 Å². The van der Waals surface area contributed by atoms with Crippen LogP contribution in [0, 0.1) is 11.3 Å². The molecule has 0 heterocycles. The number of unbranched alkanes of at least 4 members (excludes halogenated alkanes) is 2. The number of hydrogen-bond donors (Lipinski definition) is 2. The minimum atomic E-state index is -0.635. The molecule has 0 aromatic heterocycles. The highest BCUT2D eigenvalue weighted by Crippen LogP contribution is 2.23. The van der Waals surface area contributed by atoms with Crippen molar-refractivity contribution in [3.8, 4) is 0 Å². The van der Waals surface area contributed by atoms with Gasteiger partial charge in [0, 0.05) is 24.4 Å². The van der Waals surface area contributed by atoms with Crippen LogP contribution in [0.1, 0.15) is 63.2 Å². The summed E-state index contributed by atoms with van der Waals surface area (Å²) >= 11 is 0. The van der Waals surface area contributed by atoms with E-state index in [0.29, 0.717) is 6.42 Å². The standard InChI is InChI=1S/C24H39N3O3.3H2/c1-18(27(6)17-28)20(16-12-8-11-15-19-13-9-7-10-14-19)22(29)26-21(23(30)25-5)24(2,3)4;;;/h7,9-10,13-14,17-18,20-21H,8,11-12,15-16H2,1-6H3,(H,25,30)(H,26,29);3*1H/t18-,20+,21+;;;/m0.../s1.